The molecule has 0 saturated carbocycles. The number of hydrogen-bond acceptors (Lipinski definition) is 5. The van der Waals surface area contributed by atoms with Gasteiger partial charge >= 0.3 is 0 Å². The van der Waals surface area contributed by atoms with Crippen molar-refractivity contribution in [3.8, 4) is 0 Å². The van der Waals surface area contributed by atoms with E-state index in [1.54, 1.807) is 6.20 Å². The summed E-state index contributed by atoms with van der Waals surface area (Å²) in [4.78, 5) is 14.3. The van der Waals surface area contributed by atoms with Crippen molar-refractivity contribution >= 4 is 17.3 Å². The van der Waals surface area contributed by atoms with Gasteiger partial charge in [0.05, 0.1) is 25.0 Å². The lowest BCUT2D eigenvalue weighted by atomic mass is 10.2. The van der Waals surface area contributed by atoms with E-state index in [1.807, 2.05) is 0 Å². The van der Waals surface area contributed by atoms with E-state index in [1.165, 1.54) is 11.1 Å². The molecule has 1 fully saturated rings. The molecule has 2 heterocycles. The summed E-state index contributed by atoms with van der Waals surface area (Å²) in [5, 5.41) is 16.7. The smallest absolute Gasteiger partial charge is 0.287 e. The van der Waals surface area contributed by atoms with Gasteiger partial charge in [-0.05, 0) is 25.8 Å². The molecule has 0 aliphatic carbocycles. The highest BCUT2D eigenvalue weighted by molar-refractivity contribution is 6.33. The lowest BCUT2D eigenvalue weighted by Gasteiger charge is -2.28. The van der Waals surface area contributed by atoms with Crippen molar-refractivity contribution in [2.45, 2.75) is 38.8 Å². The van der Waals surface area contributed by atoms with E-state index in [4.69, 9.17) is 16.7 Å². The van der Waals surface area contributed by atoms with Crippen LogP contribution in [-0.2, 0) is 6.54 Å². The van der Waals surface area contributed by atoms with Gasteiger partial charge in [-0.15, -0.1) is 0 Å². The summed E-state index contributed by atoms with van der Waals surface area (Å²) < 4.78 is 1.20. The number of rotatable bonds is 7. The number of nitrogens with zero attached hydrogens (tertiary/aromatic N) is 3. The van der Waals surface area contributed by atoms with Gasteiger partial charge in [-0.1, -0.05) is 18.5 Å². The van der Waals surface area contributed by atoms with Crippen molar-refractivity contribution in [1.29, 1.82) is 0 Å². The van der Waals surface area contributed by atoms with E-state index < -0.39 is 0 Å². The fourth-order valence-electron chi connectivity index (χ4n) is 2.69. The molecule has 1 aromatic heterocycles. The Labute approximate surface area is 129 Å². The second kappa shape index (κ2) is 7.77. The first-order valence-corrected chi connectivity index (χ1v) is 7.90. The third-order valence-electron chi connectivity index (χ3n) is 3.72. The minimum atomic E-state index is -0.344. The van der Waals surface area contributed by atoms with Gasteiger partial charge in [-0.2, -0.15) is 5.10 Å². The third-order valence-corrected chi connectivity index (χ3v) is 4.07. The summed E-state index contributed by atoms with van der Waals surface area (Å²) in [5.41, 5.74) is 0.343. The van der Waals surface area contributed by atoms with Crippen molar-refractivity contribution in [1.82, 2.24) is 15.1 Å². The summed E-state index contributed by atoms with van der Waals surface area (Å²) in [5.74, 6) is 0. The van der Waals surface area contributed by atoms with Crippen molar-refractivity contribution in [3.63, 3.8) is 0 Å². The van der Waals surface area contributed by atoms with Crippen LogP contribution in [0.3, 0.4) is 0 Å². The van der Waals surface area contributed by atoms with Gasteiger partial charge in [0.25, 0.3) is 5.56 Å². The summed E-state index contributed by atoms with van der Waals surface area (Å²) in [6.07, 6.45) is 4.94. The van der Waals surface area contributed by atoms with Crippen LogP contribution in [0, 0.1) is 0 Å². The molecule has 6 nitrogen and oxygen atoms in total. The SMILES string of the molecule is CCCN(CC1CCCN1)c1cnn(CCO)c(=O)c1Cl. The highest BCUT2D eigenvalue weighted by atomic mass is 35.5. The molecule has 7 heteroatoms. The molecule has 0 spiro atoms. The maximum absolute atomic E-state index is 12.1. The first kappa shape index (κ1) is 16.3. The van der Waals surface area contributed by atoms with E-state index in [2.05, 4.69) is 22.2 Å². The summed E-state index contributed by atoms with van der Waals surface area (Å²) in [6, 6.07) is 0.437. The predicted octanol–water partition coefficient (Wildman–Crippen LogP) is 0.857. The number of nitrogens with one attached hydrogen (secondary N) is 1. The van der Waals surface area contributed by atoms with E-state index in [-0.39, 0.29) is 23.7 Å². The molecular formula is C14H23ClN4O2. The zero-order valence-electron chi connectivity index (χ0n) is 12.4. The van der Waals surface area contributed by atoms with Gasteiger partial charge in [0.15, 0.2) is 0 Å². The Bertz CT molecular complexity index is 514. The molecule has 1 aromatic rings. The van der Waals surface area contributed by atoms with Crippen molar-refractivity contribution in [3.05, 3.63) is 21.6 Å². The average molecular weight is 315 g/mol. The quantitative estimate of drug-likeness (QED) is 0.781. The van der Waals surface area contributed by atoms with E-state index >= 15 is 0 Å². The van der Waals surface area contributed by atoms with Crippen molar-refractivity contribution in [2.75, 3.05) is 31.1 Å². The van der Waals surface area contributed by atoms with Gasteiger partial charge < -0.3 is 15.3 Å². The number of anilines is 1. The number of hydrogen-bond donors (Lipinski definition) is 2. The van der Waals surface area contributed by atoms with Gasteiger partial charge in [0, 0.05) is 19.1 Å². The topological polar surface area (TPSA) is 70.4 Å². The van der Waals surface area contributed by atoms with Crippen LogP contribution in [-0.4, -0.2) is 47.2 Å². The predicted molar refractivity (Wildman–Crippen MR) is 84.1 cm³/mol. The third kappa shape index (κ3) is 3.96. The van der Waals surface area contributed by atoms with Crippen LogP contribution in [0.4, 0.5) is 5.69 Å². The maximum Gasteiger partial charge on any atom is 0.287 e. The summed E-state index contributed by atoms with van der Waals surface area (Å²) >= 11 is 6.23. The van der Waals surface area contributed by atoms with E-state index in [0.717, 1.165) is 32.5 Å². The Morgan fingerprint density at radius 2 is 2.43 bits per heavy atom. The van der Waals surface area contributed by atoms with E-state index in [0.29, 0.717) is 11.7 Å². The summed E-state index contributed by atoms with van der Waals surface area (Å²) in [7, 11) is 0. The largest absolute Gasteiger partial charge is 0.394 e. The van der Waals surface area contributed by atoms with Gasteiger partial charge in [-0.25, -0.2) is 4.68 Å². The van der Waals surface area contributed by atoms with Gasteiger partial charge in [-0.3, -0.25) is 4.79 Å². The Kier molecular flexibility index (Phi) is 6.02. The molecule has 0 aromatic carbocycles. The second-order valence-electron chi connectivity index (χ2n) is 5.33. The highest BCUT2D eigenvalue weighted by Gasteiger charge is 2.21. The van der Waals surface area contributed by atoms with Crippen LogP contribution in [0.25, 0.3) is 0 Å². The zero-order valence-corrected chi connectivity index (χ0v) is 13.1. The molecule has 118 valence electrons. The molecule has 1 aliphatic heterocycles. The molecule has 2 rings (SSSR count). The van der Waals surface area contributed by atoms with Crippen LogP contribution in [0.15, 0.2) is 11.0 Å². The normalized spacial score (nSPS) is 18.1. The molecule has 1 aliphatic rings. The Hall–Kier alpha value is -1.11. The molecule has 2 N–H and O–H groups in total. The molecule has 1 saturated heterocycles. The molecule has 0 bridgehead atoms. The molecular weight excluding hydrogens is 292 g/mol. The lowest BCUT2D eigenvalue weighted by Crippen LogP contribution is -2.39. The summed E-state index contributed by atoms with van der Waals surface area (Å²) in [6.45, 7) is 4.85. The first-order valence-electron chi connectivity index (χ1n) is 7.52. The Morgan fingerprint density at radius 1 is 1.62 bits per heavy atom. The Morgan fingerprint density at radius 3 is 3.05 bits per heavy atom. The minimum absolute atomic E-state index is 0.132. The standard InChI is InChI=1S/C14H23ClN4O2/c1-2-6-18(10-11-4-3-5-16-11)12-9-17-19(7-8-20)14(21)13(12)15/h9,11,16,20H,2-8,10H2,1H3. The first-order chi connectivity index (χ1) is 10.2. The number of aromatic nitrogens is 2. The van der Waals surface area contributed by atoms with Crippen LogP contribution in [0.5, 0.6) is 0 Å². The van der Waals surface area contributed by atoms with Crippen molar-refractivity contribution in [2.24, 2.45) is 0 Å². The second-order valence-corrected chi connectivity index (χ2v) is 5.71. The maximum atomic E-state index is 12.1. The lowest BCUT2D eigenvalue weighted by molar-refractivity contribution is 0.266. The Balaban J connectivity index is 2.22. The number of halogens is 1. The van der Waals surface area contributed by atoms with Crippen LogP contribution in [0.2, 0.25) is 5.02 Å². The number of aliphatic hydroxyl groups excluding tert-OH is 1. The fraction of sp³-hybridized carbons (Fsp3) is 0.714. The van der Waals surface area contributed by atoms with Gasteiger partial charge in [0.2, 0.25) is 0 Å². The molecule has 0 radical (unpaired) electrons. The zero-order chi connectivity index (χ0) is 15.2. The van der Waals surface area contributed by atoms with E-state index in [9.17, 15) is 4.79 Å². The minimum Gasteiger partial charge on any atom is -0.394 e. The van der Waals surface area contributed by atoms with Gasteiger partial charge in [0.1, 0.15) is 5.02 Å². The molecule has 0 amide bonds. The van der Waals surface area contributed by atoms with Crippen LogP contribution >= 0.6 is 11.6 Å². The highest BCUT2D eigenvalue weighted by Crippen LogP contribution is 2.22. The fourth-order valence-corrected chi connectivity index (χ4v) is 2.96. The van der Waals surface area contributed by atoms with Crippen LogP contribution < -0.4 is 15.8 Å². The monoisotopic (exact) mass is 314 g/mol. The molecule has 21 heavy (non-hydrogen) atoms. The average Bonchev–Trinajstić information content (AvgIpc) is 2.97. The molecule has 1 atom stereocenters. The number of aliphatic hydroxyl groups is 1. The van der Waals surface area contributed by atoms with Crippen LogP contribution in [0.1, 0.15) is 26.2 Å². The van der Waals surface area contributed by atoms with Crippen molar-refractivity contribution < 1.29 is 5.11 Å². The molecule has 1 unspecified atom stereocenters.